The first-order chi connectivity index (χ1) is 10.0. The van der Waals surface area contributed by atoms with Crippen LogP contribution < -0.4 is 5.32 Å². The van der Waals surface area contributed by atoms with E-state index in [0.29, 0.717) is 20.1 Å². The predicted molar refractivity (Wildman–Crippen MR) is 93.0 cm³/mol. The van der Waals surface area contributed by atoms with E-state index in [0.717, 1.165) is 24.1 Å². The molecular formula is C16H15Cl4N. The molecule has 2 rings (SSSR count). The quantitative estimate of drug-likeness (QED) is 0.668. The fourth-order valence-corrected chi connectivity index (χ4v) is 3.26. The van der Waals surface area contributed by atoms with Crippen LogP contribution in [-0.2, 0) is 6.42 Å². The summed E-state index contributed by atoms with van der Waals surface area (Å²) in [6.07, 6.45) is 0.727. The second-order valence-electron chi connectivity index (χ2n) is 4.72. The molecule has 0 aliphatic rings. The molecule has 0 saturated carbocycles. The summed E-state index contributed by atoms with van der Waals surface area (Å²) in [6.45, 7) is 2.88. The highest BCUT2D eigenvalue weighted by Crippen LogP contribution is 2.31. The Morgan fingerprint density at radius 3 is 2.10 bits per heavy atom. The van der Waals surface area contributed by atoms with Crippen molar-refractivity contribution in [2.75, 3.05) is 6.54 Å². The molecule has 0 bridgehead atoms. The molecule has 2 aromatic carbocycles. The molecule has 1 nitrogen and oxygen atoms in total. The Morgan fingerprint density at radius 1 is 0.905 bits per heavy atom. The number of hydrogen-bond donors (Lipinski definition) is 1. The van der Waals surface area contributed by atoms with E-state index >= 15 is 0 Å². The van der Waals surface area contributed by atoms with Gasteiger partial charge in [-0.3, -0.25) is 0 Å². The third kappa shape index (κ3) is 4.51. The first-order valence-corrected chi connectivity index (χ1v) is 8.14. The Labute approximate surface area is 145 Å². The van der Waals surface area contributed by atoms with Gasteiger partial charge in [-0.1, -0.05) is 65.5 Å². The van der Waals surface area contributed by atoms with Gasteiger partial charge in [0.15, 0.2) is 0 Å². The van der Waals surface area contributed by atoms with Gasteiger partial charge < -0.3 is 5.32 Å². The SMILES string of the molecule is CCNC(Cc1ccc(Cl)cc1Cl)c1ccc(Cl)cc1Cl. The highest BCUT2D eigenvalue weighted by atomic mass is 35.5. The largest absolute Gasteiger partial charge is 0.310 e. The molecule has 112 valence electrons. The van der Waals surface area contributed by atoms with E-state index in [-0.39, 0.29) is 6.04 Å². The van der Waals surface area contributed by atoms with Crippen LogP contribution in [0.1, 0.15) is 24.1 Å². The number of halogens is 4. The summed E-state index contributed by atoms with van der Waals surface area (Å²) in [5.74, 6) is 0. The van der Waals surface area contributed by atoms with Crippen molar-refractivity contribution in [2.24, 2.45) is 0 Å². The molecule has 5 heteroatoms. The lowest BCUT2D eigenvalue weighted by atomic mass is 9.98. The van der Waals surface area contributed by atoms with Crippen molar-refractivity contribution >= 4 is 46.4 Å². The summed E-state index contributed by atoms with van der Waals surface area (Å²) in [6, 6.07) is 11.2. The van der Waals surface area contributed by atoms with Gasteiger partial charge in [0.1, 0.15) is 0 Å². The van der Waals surface area contributed by atoms with Gasteiger partial charge in [0.25, 0.3) is 0 Å². The molecule has 0 aliphatic heterocycles. The van der Waals surface area contributed by atoms with Crippen molar-refractivity contribution in [1.29, 1.82) is 0 Å². The zero-order valence-electron chi connectivity index (χ0n) is 11.5. The summed E-state index contributed by atoms with van der Waals surface area (Å²) in [7, 11) is 0. The number of nitrogens with one attached hydrogen (secondary N) is 1. The second kappa shape index (κ2) is 7.71. The van der Waals surface area contributed by atoms with Gasteiger partial charge in [0.05, 0.1) is 0 Å². The van der Waals surface area contributed by atoms with Crippen LogP contribution in [0.3, 0.4) is 0 Å². The van der Waals surface area contributed by atoms with Crippen molar-refractivity contribution in [1.82, 2.24) is 5.32 Å². The lowest BCUT2D eigenvalue weighted by Crippen LogP contribution is -2.23. The van der Waals surface area contributed by atoms with Crippen LogP contribution in [0.5, 0.6) is 0 Å². The Bertz CT molecular complexity index is 628. The van der Waals surface area contributed by atoms with E-state index in [1.807, 2.05) is 24.3 Å². The summed E-state index contributed by atoms with van der Waals surface area (Å²) in [5, 5.41) is 6.01. The molecule has 1 unspecified atom stereocenters. The molecule has 0 fully saturated rings. The maximum atomic E-state index is 6.31. The van der Waals surface area contributed by atoms with Gasteiger partial charge in [-0.2, -0.15) is 0 Å². The minimum atomic E-state index is 0.0680. The van der Waals surface area contributed by atoms with Gasteiger partial charge in [0.2, 0.25) is 0 Å². The standard InChI is InChI=1S/C16H15Cl4N/c1-2-21-16(13-6-5-12(18)9-15(13)20)7-10-3-4-11(17)8-14(10)19/h3-6,8-9,16,21H,2,7H2,1H3. The van der Waals surface area contributed by atoms with E-state index in [1.54, 1.807) is 12.1 Å². The van der Waals surface area contributed by atoms with E-state index in [9.17, 15) is 0 Å². The summed E-state index contributed by atoms with van der Waals surface area (Å²) >= 11 is 24.5. The van der Waals surface area contributed by atoms with Crippen LogP contribution in [0.15, 0.2) is 36.4 Å². The van der Waals surface area contributed by atoms with Gasteiger partial charge in [-0.05, 0) is 48.4 Å². The molecule has 0 amide bonds. The van der Waals surface area contributed by atoms with Crippen LogP contribution in [0.2, 0.25) is 20.1 Å². The average Bonchev–Trinajstić information content (AvgIpc) is 2.41. The van der Waals surface area contributed by atoms with Crippen LogP contribution in [-0.4, -0.2) is 6.54 Å². The van der Waals surface area contributed by atoms with E-state index < -0.39 is 0 Å². The third-order valence-corrected chi connectivity index (χ3v) is 4.38. The van der Waals surface area contributed by atoms with E-state index in [2.05, 4.69) is 12.2 Å². The zero-order valence-corrected chi connectivity index (χ0v) is 14.5. The van der Waals surface area contributed by atoms with Crippen LogP contribution in [0.4, 0.5) is 0 Å². The monoisotopic (exact) mass is 361 g/mol. The molecule has 1 atom stereocenters. The fourth-order valence-electron chi connectivity index (χ4n) is 2.23. The van der Waals surface area contributed by atoms with Gasteiger partial charge in [-0.15, -0.1) is 0 Å². The first-order valence-electron chi connectivity index (χ1n) is 6.63. The summed E-state index contributed by atoms with van der Waals surface area (Å²) < 4.78 is 0. The fraction of sp³-hybridized carbons (Fsp3) is 0.250. The predicted octanol–water partition coefficient (Wildman–Crippen LogP) is 6.19. The molecule has 21 heavy (non-hydrogen) atoms. The molecule has 0 heterocycles. The molecule has 0 radical (unpaired) electrons. The zero-order chi connectivity index (χ0) is 15.4. The highest BCUT2D eigenvalue weighted by Gasteiger charge is 2.16. The topological polar surface area (TPSA) is 12.0 Å². The Kier molecular flexibility index (Phi) is 6.21. The van der Waals surface area contributed by atoms with Crippen LogP contribution >= 0.6 is 46.4 Å². The summed E-state index contributed by atoms with van der Waals surface area (Å²) in [5.41, 5.74) is 2.03. The van der Waals surface area contributed by atoms with Gasteiger partial charge in [-0.25, -0.2) is 0 Å². The lowest BCUT2D eigenvalue weighted by molar-refractivity contribution is 0.550. The molecular weight excluding hydrogens is 348 g/mol. The van der Waals surface area contributed by atoms with Gasteiger partial charge in [0, 0.05) is 26.1 Å². The Morgan fingerprint density at radius 2 is 1.52 bits per heavy atom. The average molecular weight is 363 g/mol. The second-order valence-corrected chi connectivity index (χ2v) is 6.40. The first kappa shape index (κ1) is 16.9. The molecule has 0 aliphatic carbocycles. The van der Waals surface area contributed by atoms with Crippen molar-refractivity contribution in [3.63, 3.8) is 0 Å². The van der Waals surface area contributed by atoms with Crippen molar-refractivity contribution in [2.45, 2.75) is 19.4 Å². The summed E-state index contributed by atoms with van der Waals surface area (Å²) in [4.78, 5) is 0. The number of likely N-dealkylation sites (N-methyl/N-ethyl adjacent to an activating group) is 1. The van der Waals surface area contributed by atoms with E-state index in [4.69, 9.17) is 46.4 Å². The minimum absolute atomic E-state index is 0.0680. The Hall–Kier alpha value is -0.440. The third-order valence-electron chi connectivity index (χ3n) is 3.23. The van der Waals surface area contributed by atoms with E-state index in [1.165, 1.54) is 0 Å². The highest BCUT2D eigenvalue weighted by molar-refractivity contribution is 6.35. The minimum Gasteiger partial charge on any atom is -0.310 e. The molecule has 0 saturated heterocycles. The maximum absolute atomic E-state index is 6.31. The smallest absolute Gasteiger partial charge is 0.0468 e. The molecule has 1 N–H and O–H groups in total. The Balaban J connectivity index is 2.30. The van der Waals surface area contributed by atoms with Crippen LogP contribution in [0, 0.1) is 0 Å². The van der Waals surface area contributed by atoms with Crippen molar-refractivity contribution in [3.05, 3.63) is 67.6 Å². The number of hydrogen-bond acceptors (Lipinski definition) is 1. The molecule has 0 aromatic heterocycles. The number of rotatable bonds is 5. The molecule has 2 aromatic rings. The van der Waals surface area contributed by atoms with Gasteiger partial charge >= 0.3 is 0 Å². The maximum Gasteiger partial charge on any atom is 0.0468 e. The number of benzene rings is 2. The van der Waals surface area contributed by atoms with Crippen LogP contribution in [0.25, 0.3) is 0 Å². The normalized spacial score (nSPS) is 12.4. The molecule has 0 spiro atoms. The van der Waals surface area contributed by atoms with Crippen molar-refractivity contribution < 1.29 is 0 Å². The lowest BCUT2D eigenvalue weighted by Gasteiger charge is -2.20. The van der Waals surface area contributed by atoms with Crippen molar-refractivity contribution in [3.8, 4) is 0 Å².